The molecule has 0 aliphatic carbocycles. The minimum atomic E-state index is -0.572. The van der Waals surface area contributed by atoms with Crippen LogP contribution in [0.25, 0.3) is 0 Å². The fourth-order valence-corrected chi connectivity index (χ4v) is 1.09. The van der Waals surface area contributed by atoms with Crippen LogP contribution in [0.5, 0.6) is 5.75 Å². The smallest absolute Gasteiger partial charge is 0.129 e. The average Bonchev–Trinajstić information content (AvgIpc) is 2.18. The maximum Gasteiger partial charge on any atom is 0.129 e. The summed E-state index contributed by atoms with van der Waals surface area (Å²) in [6.07, 6.45) is -0.572. The predicted molar refractivity (Wildman–Crippen MR) is 62.1 cm³/mol. The molecular weight excluding hydrogens is 207 g/mol. The van der Waals surface area contributed by atoms with E-state index in [0.29, 0.717) is 11.3 Å². The molecule has 0 heterocycles. The van der Waals surface area contributed by atoms with Crippen molar-refractivity contribution in [1.82, 2.24) is 0 Å². The Balaban J connectivity index is 2.58. The lowest BCUT2D eigenvalue weighted by Crippen LogP contribution is -2.31. The van der Waals surface area contributed by atoms with Crippen molar-refractivity contribution in [3.63, 3.8) is 0 Å². The van der Waals surface area contributed by atoms with Crippen LogP contribution in [0.4, 0.5) is 4.39 Å². The number of halogens is 1. The zero-order valence-corrected chi connectivity index (χ0v) is 10.2. The number of aryl methyl sites for hydroxylation is 1. The molecule has 90 valence electrons. The van der Waals surface area contributed by atoms with Gasteiger partial charge in [-0.3, -0.25) is 0 Å². The van der Waals surface area contributed by atoms with Crippen LogP contribution in [-0.4, -0.2) is 17.8 Å². The molecule has 0 saturated carbocycles. The molecule has 0 fully saturated rings. The van der Waals surface area contributed by atoms with Gasteiger partial charge < -0.3 is 9.84 Å². The van der Waals surface area contributed by atoms with Gasteiger partial charge in [0.2, 0.25) is 0 Å². The summed E-state index contributed by atoms with van der Waals surface area (Å²) in [6.45, 7) is 7.65. The number of aliphatic hydroxyl groups is 1. The Morgan fingerprint density at radius 2 is 2.00 bits per heavy atom. The Labute approximate surface area is 96.1 Å². The second-order valence-corrected chi connectivity index (χ2v) is 5.10. The Bertz CT molecular complexity index is 355. The van der Waals surface area contributed by atoms with Crippen LogP contribution in [0.2, 0.25) is 0 Å². The number of benzene rings is 1. The largest absolute Gasteiger partial charge is 0.491 e. The summed E-state index contributed by atoms with van der Waals surface area (Å²) >= 11 is 0. The van der Waals surface area contributed by atoms with E-state index in [1.807, 2.05) is 20.8 Å². The second kappa shape index (κ2) is 4.83. The summed E-state index contributed by atoms with van der Waals surface area (Å²) in [5.41, 5.74) is 0.354. The minimum Gasteiger partial charge on any atom is -0.491 e. The average molecular weight is 226 g/mol. The molecule has 0 aliphatic heterocycles. The van der Waals surface area contributed by atoms with E-state index in [0.717, 1.165) is 0 Å². The van der Waals surface area contributed by atoms with Crippen LogP contribution in [-0.2, 0) is 0 Å². The van der Waals surface area contributed by atoms with Crippen molar-refractivity contribution in [3.05, 3.63) is 29.6 Å². The number of hydrogen-bond acceptors (Lipinski definition) is 2. The van der Waals surface area contributed by atoms with Crippen LogP contribution in [0, 0.1) is 18.2 Å². The molecule has 0 saturated heterocycles. The summed E-state index contributed by atoms with van der Waals surface area (Å²) in [5.74, 6) is 0.161. The van der Waals surface area contributed by atoms with Crippen LogP contribution in [0.15, 0.2) is 18.2 Å². The van der Waals surface area contributed by atoms with E-state index in [-0.39, 0.29) is 17.8 Å². The van der Waals surface area contributed by atoms with Gasteiger partial charge in [-0.1, -0.05) is 26.8 Å². The molecule has 16 heavy (non-hydrogen) atoms. The monoisotopic (exact) mass is 226 g/mol. The first-order valence-corrected chi connectivity index (χ1v) is 5.37. The summed E-state index contributed by atoms with van der Waals surface area (Å²) in [6, 6.07) is 4.70. The quantitative estimate of drug-likeness (QED) is 0.858. The Hall–Kier alpha value is -1.09. The number of hydrogen-bond donors (Lipinski definition) is 1. The molecule has 0 spiro atoms. The SMILES string of the molecule is Cc1ccc(OCC(O)C(C)(C)C)cc1F. The van der Waals surface area contributed by atoms with Crippen molar-refractivity contribution in [2.45, 2.75) is 33.8 Å². The van der Waals surface area contributed by atoms with E-state index in [1.54, 1.807) is 19.1 Å². The van der Waals surface area contributed by atoms with Crippen LogP contribution >= 0.6 is 0 Å². The van der Waals surface area contributed by atoms with E-state index in [4.69, 9.17) is 4.74 Å². The molecule has 0 bridgehead atoms. The van der Waals surface area contributed by atoms with Gasteiger partial charge in [0, 0.05) is 6.07 Å². The lowest BCUT2D eigenvalue weighted by Gasteiger charge is -2.25. The van der Waals surface area contributed by atoms with Gasteiger partial charge in [-0.05, 0) is 24.0 Å². The normalized spacial score (nSPS) is 13.6. The molecule has 1 atom stereocenters. The van der Waals surface area contributed by atoms with E-state index in [1.165, 1.54) is 6.07 Å². The molecule has 0 amide bonds. The Kier molecular flexibility index (Phi) is 3.92. The first-order valence-electron chi connectivity index (χ1n) is 5.37. The van der Waals surface area contributed by atoms with Crippen molar-refractivity contribution in [3.8, 4) is 5.75 Å². The third-order valence-corrected chi connectivity index (χ3v) is 2.55. The first kappa shape index (κ1) is 13.0. The van der Waals surface area contributed by atoms with Crippen LogP contribution in [0.3, 0.4) is 0 Å². The molecule has 2 nitrogen and oxygen atoms in total. The van der Waals surface area contributed by atoms with Gasteiger partial charge >= 0.3 is 0 Å². The van der Waals surface area contributed by atoms with Crippen molar-refractivity contribution in [1.29, 1.82) is 0 Å². The van der Waals surface area contributed by atoms with E-state index in [2.05, 4.69) is 0 Å². The number of aliphatic hydroxyl groups excluding tert-OH is 1. The van der Waals surface area contributed by atoms with Gasteiger partial charge in [-0.15, -0.1) is 0 Å². The lowest BCUT2D eigenvalue weighted by atomic mass is 9.90. The highest BCUT2D eigenvalue weighted by molar-refractivity contribution is 5.27. The summed E-state index contributed by atoms with van der Waals surface area (Å²) in [4.78, 5) is 0. The van der Waals surface area contributed by atoms with Crippen LogP contribution < -0.4 is 4.74 Å². The standard InChI is InChI=1S/C13H19FO2/c1-9-5-6-10(7-11(9)14)16-8-12(15)13(2,3)4/h5-7,12,15H,8H2,1-4H3. The van der Waals surface area contributed by atoms with Gasteiger partial charge in [0.25, 0.3) is 0 Å². The maximum absolute atomic E-state index is 13.2. The second-order valence-electron chi connectivity index (χ2n) is 5.10. The van der Waals surface area contributed by atoms with Gasteiger partial charge in [0.05, 0.1) is 6.10 Å². The molecule has 3 heteroatoms. The summed E-state index contributed by atoms with van der Waals surface area (Å²) in [5, 5.41) is 9.75. The third-order valence-electron chi connectivity index (χ3n) is 2.55. The van der Waals surface area contributed by atoms with E-state index >= 15 is 0 Å². The molecular formula is C13H19FO2. The number of ether oxygens (including phenoxy) is 1. The van der Waals surface area contributed by atoms with Gasteiger partial charge in [0.1, 0.15) is 18.2 Å². The fraction of sp³-hybridized carbons (Fsp3) is 0.538. The molecule has 1 unspecified atom stereocenters. The molecule has 0 aromatic heterocycles. The summed E-state index contributed by atoms with van der Waals surface area (Å²) < 4.78 is 18.5. The maximum atomic E-state index is 13.2. The lowest BCUT2D eigenvalue weighted by molar-refractivity contribution is 0.0217. The van der Waals surface area contributed by atoms with Gasteiger partial charge in [0.15, 0.2) is 0 Å². The van der Waals surface area contributed by atoms with Crippen molar-refractivity contribution in [2.24, 2.45) is 5.41 Å². The molecule has 1 aromatic rings. The molecule has 0 aliphatic rings. The number of rotatable bonds is 3. The molecule has 1 N–H and O–H groups in total. The minimum absolute atomic E-state index is 0.173. The fourth-order valence-electron chi connectivity index (χ4n) is 1.09. The highest BCUT2D eigenvalue weighted by Gasteiger charge is 2.22. The highest BCUT2D eigenvalue weighted by atomic mass is 19.1. The van der Waals surface area contributed by atoms with E-state index < -0.39 is 6.10 Å². The zero-order chi connectivity index (χ0) is 12.3. The van der Waals surface area contributed by atoms with Crippen molar-refractivity contribution in [2.75, 3.05) is 6.61 Å². The van der Waals surface area contributed by atoms with Crippen molar-refractivity contribution >= 4 is 0 Å². The van der Waals surface area contributed by atoms with Crippen molar-refractivity contribution < 1.29 is 14.2 Å². The van der Waals surface area contributed by atoms with E-state index in [9.17, 15) is 9.50 Å². The Morgan fingerprint density at radius 3 is 2.50 bits per heavy atom. The topological polar surface area (TPSA) is 29.5 Å². The summed E-state index contributed by atoms with van der Waals surface area (Å²) in [7, 11) is 0. The molecule has 1 rings (SSSR count). The highest BCUT2D eigenvalue weighted by Crippen LogP contribution is 2.21. The van der Waals surface area contributed by atoms with Gasteiger partial charge in [-0.25, -0.2) is 4.39 Å². The molecule has 1 aromatic carbocycles. The van der Waals surface area contributed by atoms with Gasteiger partial charge in [-0.2, -0.15) is 0 Å². The Morgan fingerprint density at radius 1 is 1.38 bits per heavy atom. The third kappa shape index (κ3) is 3.49. The predicted octanol–water partition coefficient (Wildman–Crippen LogP) is 2.92. The van der Waals surface area contributed by atoms with Crippen LogP contribution in [0.1, 0.15) is 26.3 Å². The molecule has 0 radical (unpaired) electrons. The zero-order valence-electron chi connectivity index (χ0n) is 10.2. The first-order chi connectivity index (χ1) is 7.30.